The first kappa shape index (κ1) is 17.5. The van der Waals surface area contributed by atoms with Crippen molar-refractivity contribution < 1.29 is 22.8 Å². The van der Waals surface area contributed by atoms with E-state index in [1.807, 2.05) is 0 Å². The van der Waals surface area contributed by atoms with Crippen molar-refractivity contribution in [2.45, 2.75) is 25.1 Å². The molecule has 1 aliphatic heterocycles. The Labute approximate surface area is 146 Å². The second kappa shape index (κ2) is 6.87. The van der Waals surface area contributed by atoms with Gasteiger partial charge in [-0.2, -0.15) is 13.2 Å². The molecule has 1 aromatic carbocycles. The maximum atomic E-state index is 12.8. The van der Waals surface area contributed by atoms with Gasteiger partial charge in [-0.3, -0.25) is 9.59 Å². The van der Waals surface area contributed by atoms with Gasteiger partial charge < -0.3 is 10.2 Å². The zero-order valence-corrected chi connectivity index (χ0v) is 13.9. The Morgan fingerprint density at radius 1 is 1.20 bits per heavy atom. The summed E-state index contributed by atoms with van der Waals surface area (Å²) in [6.07, 6.45) is -3.31. The van der Waals surface area contributed by atoms with E-state index < -0.39 is 23.7 Å². The highest BCUT2D eigenvalue weighted by Crippen LogP contribution is 2.31. The van der Waals surface area contributed by atoms with Gasteiger partial charge in [0, 0.05) is 12.2 Å². The van der Waals surface area contributed by atoms with Crippen LogP contribution in [0.3, 0.4) is 0 Å². The zero-order chi connectivity index (χ0) is 18.0. The fourth-order valence-corrected chi connectivity index (χ4v) is 3.50. The third-order valence-corrected chi connectivity index (χ3v) is 4.86. The monoisotopic (exact) mass is 368 g/mol. The molecule has 8 heteroatoms. The maximum absolute atomic E-state index is 12.8. The molecular weight excluding hydrogens is 353 g/mol. The van der Waals surface area contributed by atoms with Gasteiger partial charge >= 0.3 is 6.18 Å². The SMILES string of the molecule is O=C(Nc1cccc(C(F)(F)F)c1)C1CCCN1C(=O)c1cccs1. The van der Waals surface area contributed by atoms with E-state index in [0.29, 0.717) is 24.3 Å². The van der Waals surface area contributed by atoms with E-state index >= 15 is 0 Å². The van der Waals surface area contributed by atoms with Crippen LogP contribution in [0.5, 0.6) is 0 Å². The quantitative estimate of drug-likeness (QED) is 0.890. The number of carbonyl (C=O) groups excluding carboxylic acids is 2. The van der Waals surface area contributed by atoms with E-state index in [0.717, 1.165) is 12.1 Å². The smallest absolute Gasteiger partial charge is 0.326 e. The van der Waals surface area contributed by atoms with Crippen molar-refractivity contribution >= 4 is 28.8 Å². The average molecular weight is 368 g/mol. The molecule has 1 aliphatic rings. The number of nitrogens with zero attached hydrogens (tertiary/aromatic N) is 1. The van der Waals surface area contributed by atoms with Crippen LogP contribution in [0.1, 0.15) is 28.1 Å². The standard InChI is InChI=1S/C17H15F3N2O2S/c18-17(19,20)11-4-1-5-12(10-11)21-15(23)13-6-2-8-22(13)16(24)14-7-3-9-25-14/h1,3-5,7,9-10,13H,2,6,8H2,(H,21,23). The van der Waals surface area contributed by atoms with Crippen molar-refractivity contribution in [2.75, 3.05) is 11.9 Å². The van der Waals surface area contributed by atoms with Gasteiger partial charge in [-0.05, 0) is 42.5 Å². The van der Waals surface area contributed by atoms with Gasteiger partial charge in [0.2, 0.25) is 5.91 Å². The molecule has 2 amide bonds. The molecule has 0 bridgehead atoms. The number of thiophene rings is 1. The molecule has 1 unspecified atom stereocenters. The number of halogens is 3. The molecule has 0 aliphatic carbocycles. The highest BCUT2D eigenvalue weighted by atomic mass is 32.1. The van der Waals surface area contributed by atoms with Crippen molar-refractivity contribution in [3.63, 3.8) is 0 Å². The molecular formula is C17H15F3N2O2S. The minimum atomic E-state index is -4.48. The van der Waals surface area contributed by atoms with Crippen LogP contribution in [0.15, 0.2) is 41.8 Å². The van der Waals surface area contributed by atoms with Crippen molar-refractivity contribution in [3.8, 4) is 0 Å². The summed E-state index contributed by atoms with van der Waals surface area (Å²) in [5, 5.41) is 4.28. The highest BCUT2D eigenvalue weighted by Gasteiger charge is 2.35. The van der Waals surface area contributed by atoms with Gasteiger partial charge in [-0.25, -0.2) is 0 Å². The summed E-state index contributed by atoms with van der Waals surface area (Å²) >= 11 is 1.29. The molecule has 132 valence electrons. The molecule has 2 aromatic rings. The van der Waals surface area contributed by atoms with Crippen molar-refractivity contribution in [3.05, 3.63) is 52.2 Å². The number of nitrogens with one attached hydrogen (secondary N) is 1. The van der Waals surface area contributed by atoms with Crippen LogP contribution in [-0.2, 0) is 11.0 Å². The predicted molar refractivity (Wildman–Crippen MR) is 88.5 cm³/mol. The Hall–Kier alpha value is -2.35. The first-order valence-corrected chi connectivity index (χ1v) is 8.57. The van der Waals surface area contributed by atoms with Crippen LogP contribution in [0.25, 0.3) is 0 Å². The van der Waals surface area contributed by atoms with E-state index in [-0.39, 0.29) is 11.6 Å². The van der Waals surface area contributed by atoms with Crippen molar-refractivity contribution in [2.24, 2.45) is 0 Å². The molecule has 1 fully saturated rings. The molecule has 1 N–H and O–H groups in total. The zero-order valence-electron chi connectivity index (χ0n) is 13.0. The number of amides is 2. The summed E-state index contributed by atoms with van der Waals surface area (Å²) in [6, 6.07) is 7.23. The molecule has 25 heavy (non-hydrogen) atoms. The number of rotatable bonds is 3. The Kier molecular flexibility index (Phi) is 4.80. The molecule has 1 aromatic heterocycles. The van der Waals surface area contributed by atoms with E-state index in [2.05, 4.69) is 5.32 Å². The highest BCUT2D eigenvalue weighted by molar-refractivity contribution is 7.12. The first-order chi connectivity index (χ1) is 11.9. The molecule has 0 saturated carbocycles. The second-order valence-electron chi connectivity index (χ2n) is 5.70. The Morgan fingerprint density at radius 2 is 2.00 bits per heavy atom. The summed E-state index contributed by atoms with van der Waals surface area (Å²) in [7, 11) is 0. The third kappa shape index (κ3) is 3.84. The largest absolute Gasteiger partial charge is 0.416 e. The number of carbonyl (C=O) groups is 2. The number of anilines is 1. The van der Waals surface area contributed by atoms with Crippen LogP contribution in [0.4, 0.5) is 18.9 Å². The molecule has 3 rings (SSSR count). The molecule has 1 atom stereocenters. The number of hydrogen-bond donors (Lipinski definition) is 1. The summed E-state index contributed by atoms with van der Waals surface area (Å²) in [4.78, 5) is 27.0. The fraction of sp³-hybridized carbons (Fsp3) is 0.294. The van der Waals surface area contributed by atoms with Gasteiger partial charge in [-0.15, -0.1) is 11.3 Å². The topological polar surface area (TPSA) is 49.4 Å². The van der Waals surface area contributed by atoms with Gasteiger partial charge in [0.1, 0.15) is 6.04 Å². The molecule has 0 radical (unpaired) electrons. The lowest BCUT2D eigenvalue weighted by molar-refractivity contribution is -0.137. The Bertz CT molecular complexity index is 774. The van der Waals surface area contributed by atoms with Gasteiger partial charge in [0.05, 0.1) is 10.4 Å². The maximum Gasteiger partial charge on any atom is 0.416 e. The van der Waals surface area contributed by atoms with Crippen molar-refractivity contribution in [1.29, 1.82) is 0 Å². The first-order valence-electron chi connectivity index (χ1n) is 7.69. The van der Waals surface area contributed by atoms with Gasteiger partial charge in [-0.1, -0.05) is 12.1 Å². The van der Waals surface area contributed by atoms with Crippen LogP contribution in [-0.4, -0.2) is 29.3 Å². The van der Waals surface area contributed by atoms with Crippen LogP contribution >= 0.6 is 11.3 Å². The molecule has 4 nitrogen and oxygen atoms in total. The van der Waals surface area contributed by atoms with E-state index in [9.17, 15) is 22.8 Å². The Morgan fingerprint density at radius 3 is 2.68 bits per heavy atom. The average Bonchev–Trinajstić information content (AvgIpc) is 3.25. The second-order valence-corrected chi connectivity index (χ2v) is 6.65. The summed E-state index contributed by atoms with van der Waals surface area (Å²) in [5.74, 6) is -0.696. The van der Waals surface area contributed by atoms with Crippen molar-refractivity contribution in [1.82, 2.24) is 4.90 Å². The normalized spacial score (nSPS) is 17.6. The number of alkyl halides is 3. The Balaban J connectivity index is 1.73. The van der Waals surface area contributed by atoms with Crippen LogP contribution in [0.2, 0.25) is 0 Å². The number of likely N-dealkylation sites (tertiary alicyclic amines) is 1. The van der Waals surface area contributed by atoms with E-state index in [4.69, 9.17) is 0 Å². The van der Waals surface area contributed by atoms with Crippen LogP contribution < -0.4 is 5.32 Å². The summed E-state index contributed by atoms with van der Waals surface area (Å²) in [5.41, 5.74) is -0.765. The molecule has 1 saturated heterocycles. The molecule has 0 spiro atoms. The predicted octanol–water partition coefficient (Wildman–Crippen LogP) is 4.01. The lowest BCUT2D eigenvalue weighted by atomic mass is 10.1. The minimum absolute atomic E-state index is 0.0650. The van der Waals surface area contributed by atoms with Gasteiger partial charge in [0.25, 0.3) is 5.91 Å². The van der Waals surface area contributed by atoms with E-state index in [1.54, 1.807) is 17.5 Å². The van der Waals surface area contributed by atoms with Crippen LogP contribution in [0, 0.1) is 0 Å². The lowest BCUT2D eigenvalue weighted by Crippen LogP contribution is -2.43. The number of benzene rings is 1. The number of hydrogen-bond acceptors (Lipinski definition) is 3. The van der Waals surface area contributed by atoms with Gasteiger partial charge in [0.15, 0.2) is 0 Å². The fourth-order valence-electron chi connectivity index (χ4n) is 2.82. The summed E-state index contributed by atoms with van der Waals surface area (Å²) < 4.78 is 38.3. The lowest BCUT2D eigenvalue weighted by Gasteiger charge is -2.23. The minimum Gasteiger partial charge on any atom is -0.326 e. The summed E-state index contributed by atoms with van der Waals surface area (Å²) in [6.45, 7) is 0.456. The molecule has 2 heterocycles. The third-order valence-electron chi connectivity index (χ3n) is 4.01. The van der Waals surface area contributed by atoms with E-state index in [1.165, 1.54) is 28.4 Å².